The molecule has 0 aliphatic rings. The van der Waals surface area contributed by atoms with Gasteiger partial charge in [0, 0.05) is 29.9 Å². The third-order valence-corrected chi connectivity index (χ3v) is 4.08. The third-order valence-electron chi connectivity index (χ3n) is 2.98. The van der Waals surface area contributed by atoms with Gasteiger partial charge in [-0.05, 0) is 6.07 Å². The second-order valence-electron chi connectivity index (χ2n) is 4.43. The molecular weight excluding hydrogens is 328 g/mol. The molecule has 3 rings (SSSR count). The second-order valence-corrected chi connectivity index (χ2v) is 5.71. The van der Waals surface area contributed by atoms with Crippen LogP contribution in [0.5, 0.6) is 0 Å². The van der Waals surface area contributed by atoms with E-state index in [0.29, 0.717) is 5.69 Å². The Bertz CT molecular complexity index is 845. The van der Waals surface area contributed by atoms with Gasteiger partial charge in [0.2, 0.25) is 0 Å². The topological polar surface area (TPSA) is 89.5 Å². The van der Waals surface area contributed by atoms with E-state index in [1.165, 1.54) is 23.5 Å². The lowest BCUT2D eigenvalue weighted by molar-refractivity contribution is -0.384. The van der Waals surface area contributed by atoms with Gasteiger partial charge in [-0.1, -0.05) is 11.6 Å². The number of carbonyl (C=O) groups excluding carboxylic acids is 1. The lowest BCUT2D eigenvalue weighted by atomic mass is 10.2. The summed E-state index contributed by atoms with van der Waals surface area (Å²) < 4.78 is 1.85. The van der Waals surface area contributed by atoms with Crippen molar-refractivity contribution in [2.75, 3.05) is 0 Å². The lowest BCUT2D eigenvalue weighted by Crippen LogP contribution is -2.23. The minimum absolute atomic E-state index is 0.0666. The van der Waals surface area contributed by atoms with Crippen molar-refractivity contribution in [1.29, 1.82) is 0 Å². The van der Waals surface area contributed by atoms with E-state index in [1.807, 2.05) is 16.0 Å². The highest BCUT2D eigenvalue weighted by molar-refractivity contribution is 7.15. The normalized spacial score (nSPS) is 10.8. The minimum atomic E-state index is -0.573. The molecule has 1 N–H and O–H groups in total. The summed E-state index contributed by atoms with van der Waals surface area (Å²) in [5.41, 5.74) is 0.579. The van der Waals surface area contributed by atoms with Gasteiger partial charge in [0.25, 0.3) is 11.6 Å². The highest BCUT2D eigenvalue weighted by Gasteiger charge is 2.16. The zero-order valence-electron chi connectivity index (χ0n) is 11.0. The highest BCUT2D eigenvalue weighted by Crippen LogP contribution is 2.22. The number of imidazole rings is 1. The maximum Gasteiger partial charge on any atom is 0.270 e. The number of fused-ring (bicyclic) bond motifs is 1. The van der Waals surface area contributed by atoms with Crippen LogP contribution in [-0.4, -0.2) is 20.2 Å². The number of benzene rings is 1. The Kier molecular flexibility index (Phi) is 3.78. The number of aromatic nitrogens is 2. The number of nitro groups is 1. The van der Waals surface area contributed by atoms with Crippen LogP contribution in [0.3, 0.4) is 0 Å². The van der Waals surface area contributed by atoms with Crippen molar-refractivity contribution in [3.63, 3.8) is 0 Å². The molecule has 7 nitrogen and oxygen atoms in total. The molecule has 0 saturated heterocycles. The number of carbonyl (C=O) groups is 1. The van der Waals surface area contributed by atoms with Gasteiger partial charge in [-0.2, -0.15) is 0 Å². The van der Waals surface area contributed by atoms with Crippen LogP contribution in [-0.2, 0) is 6.54 Å². The van der Waals surface area contributed by atoms with Crippen LogP contribution >= 0.6 is 22.9 Å². The largest absolute Gasteiger partial charge is 0.346 e. The number of non-ortho nitro benzene ring substituents is 1. The van der Waals surface area contributed by atoms with E-state index in [4.69, 9.17) is 11.6 Å². The molecule has 0 bridgehead atoms. The SMILES string of the molecule is O=C(NCc1cn2ccsc2n1)c1cc([N+](=O)[O-])ccc1Cl. The molecule has 1 aromatic carbocycles. The summed E-state index contributed by atoms with van der Waals surface area (Å²) in [5, 5.41) is 15.5. The van der Waals surface area contributed by atoms with E-state index in [1.54, 1.807) is 6.20 Å². The molecule has 1 amide bonds. The summed E-state index contributed by atoms with van der Waals surface area (Å²) >= 11 is 7.41. The van der Waals surface area contributed by atoms with Crippen LogP contribution < -0.4 is 5.32 Å². The molecule has 0 unspecified atom stereocenters. The van der Waals surface area contributed by atoms with Gasteiger partial charge in [0.1, 0.15) is 0 Å². The summed E-state index contributed by atoms with van der Waals surface area (Å²) in [5.74, 6) is -0.481. The maximum absolute atomic E-state index is 12.1. The summed E-state index contributed by atoms with van der Waals surface area (Å²) in [6, 6.07) is 3.74. The van der Waals surface area contributed by atoms with Gasteiger partial charge in [0.05, 0.1) is 27.7 Å². The summed E-state index contributed by atoms with van der Waals surface area (Å²) in [6.07, 6.45) is 3.68. The van der Waals surface area contributed by atoms with E-state index in [9.17, 15) is 14.9 Å². The number of nitrogens with zero attached hydrogens (tertiary/aromatic N) is 3. The van der Waals surface area contributed by atoms with Crippen molar-refractivity contribution in [2.24, 2.45) is 0 Å². The smallest absolute Gasteiger partial charge is 0.270 e. The third kappa shape index (κ3) is 2.78. The monoisotopic (exact) mass is 336 g/mol. The van der Waals surface area contributed by atoms with E-state index < -0.39 is 10.8 Å². The molecular formula is C13H9ClN4O3S. The molecule has 2 heterocycles. The minimum Gasteiger partial charge on any atom is -0.346 e. The van der Waals surface area contributed by atoms with Gasteiger partial charge in [-0.3, -0.25) is 19.3 Å². The number of thiazole rings is 1. The number of amides is 1. The van der Waals surface area contributed by atoms with Crippen LogP contribution in [0, 0.1) is 10.1 Å². The molecule has 2 aromatic heterocycles. The van der Waals surface area contributed by atoms with Crippen molar-refractivity contribution in [1.82, 2.24) is 14.7 Å². The molecule has 0 atom stereocenters. The van der Waals surface area contributed by atoms with Crippen molar-refractivity contribution in [2.45, 2.75) is 6.54 Å². The molecule has 112 valence electrons. The molecule has 0 radical (unpaired) electrons. The fraction of sp³-hybridized carbons (Fsp3) is 0.0769. The Morgan fingerprint density at radius 3 is 3.05 bits per heavy atom. The maximum atomic E-state index is 12.1. The molecule has 3 aromatic rings. The fourth-order valence-electron chi connectivity index (χ4n) is 1.93. The number of rotatable bonds is 4. The van der Waals surface area contributed by atoms with Gasteiger partial charge in [-0.25, -0.2) is 4.98 Å². The standard InChI is InChI=1S/C13H9ClN4O3S/c14-11-2-1-9(18(20)21)5-10(11)12(19)15-6-8-7-17-3-4-22-13(17)16-8/h1-5,7H,6H2,(H,15,19). The summed E-state index contributed by atoms with van der Waals surface area (Å²) in [4.78, 5) is 27.5. The number of nitro benzene ring substituents is 1. The Balaban J connectivity index is 1.75. The molecule has 0 spiro atoms. The molecule has 0 fully saturated rings. The number of nitrogens with one attached hydrogen (secondary N) is 1. The first-order valence-corrected chi connectivity index (χ1v) is 7.43. The van der Waals surface area contributed by atoms with Crippen molar-refractivity contribution >= 4 is 39.5 Å². The van der Waals surface area contributed by atoms with E-state index >= 15 is 0 Å². The van der Waals surface area contributed by atoms with Gasteiger partial charge < -0.3 is 5.32 Å². The Labute approximate surface area is 133 Å². The van der Waals surface area contributed by atoms with Crippen LogP contribution in [0.2, 0.25) is 5.02 Å². The van der Waals surface area contributed by atoms with Crippen molar-refractivity contribution in [3.8, 4) is 0 Å². The highest BCUT2D eigenvalue weighted by atomic mass is 35.5. The van der Waals surface area contributed by atoms with E-state index in [0.717, 1.165) is 11.0 Å². The van der Waals surface area contributed by atoms with Crippen LogP contribution in [0.1, 0.15) is 16.1 Å². The van der Waals surface area contributed by atoms with Crippen molar-refractivity contribution in [3.05, 3.63) is 62.4 Å². The molecule has 0 aliphatic heterocycles. The van der Waals surface area contributed by atoms with Gasteiger partial charge in [0.15, 0.2) is 4.96 Å². The molecule has 0 aliphatic carbocycles. The quantitative estimate of drug-likeness (QED) is 0.586. The summed E-state index contributed by atoms with van der Waals surface area (Å²) in [7, 11) is 0. The zero-order chi connectivity index (χ0) is 15.7. The van der Waals surface area contributed by atoms with Crippen LogP contribution in [0.4, 0.5) is 5.69 Å². The average molecular weight is 337 g/mol. The molecule has 22 heavy (non-hydrogen) atoms. The first-order chi connectivity index (χ1) is 10.5. The van der Waals surface area contributed by atoms with Crippen molar-refractivity contribution < 1.29 is 9.72 Å². The number of halogens is 1. The zero-order valence-corrected chi connectivity index (χ0v) is 12.6. The first-order valence-electron chi connectivity index (χ1n) is 6.18. The van der Waals surface area contributed by atoms with Gasteiger partial charge in [-0.15, -0.1) is 11.3 Å². The predicted molar refractivity (Wildman–Crippen MR) is 82.3 cm³/mol. The Hall–Kier alpha value is -2.45. The average Bonchev–Trinajstić information content (AvgIpc) is 3.06. The van der Waals surface area contributed by atoms with Crippen LogP contribution in [0.15, 0.2) is 36.0 Å². The molecule has 0 saturated carbocycles. The van der Waals surface area contributed by atoms with E-state index in [-0.39, 0.29) is 22.8 Å². The van der Waals surface area contributed by atoms with Crippen LogP contribution in [0.25, 0.3) is 4.96 Å². The Morgan fingerprint density at radius 1 is 1.50 bits per heavy atom. The fourth-order valence-corrected chi connectivity index (χ4v) is 2.85. The molecule has 9 heteroatoms. The number of hydrogen-bond acceptors (Lipinski definition) is 5. The predicted octanol–water partition coefficient (Wildman–Crippen LogP) is 2.89. The van der Waals surface area contributed by atoms with E-state index in [2.05, 4.69) is 10.3 Å². The number of hydrogen-bond donors (Lipinski definition) is 1. The summed E-state index contributed by atoms with van der Waals surface area (Å²) in [6.45, 7) is 0.215. The van der Waals surface area contributed by atoms with Gasteiger partial charge >= 0.3 is 0 Å². The first kappa shape index (κ1) is 14.5. The lowest BCUT2D eigenvalue weighted by Gasteiger charge is -2.05. The Morgan fingerprint density at radius 2 is 2.32 bits per heavy atom. The second kappa shape index (κ2) is 5.74.